The van der Waals surface area contributed by atoms with Crippen molar-refractivity contribution in [3.63, 3.8) is 0 Å². The van der Waals surface area contributed by atoms with Gasteiger partial charge in [0.05, 0.1) is 23.4 Å². The van der Waals surface area contributed by atoms with Gasteiger partial charge in [0.25, 0.3) is 5.91 Å². The van der Waals surface area contributed by atoms with E-state index in [1.54, 1.807) is 11.7 Å². The van der Waals surface area contributed by atoms with E-state index in [9.17, 15) is 9.59 Å². The number of carbonyl (C=O) groups excluding carboxylic acids is 2. The van der Waals surface area contributed by atoms with Crippen LogP contribution < -0.4 is 5.32 Å². The lowest BCUT2D eigenvalue weighted by molar-refractivity contribution is 0.0547. The van der Waals surface area contributed by atoms with E-state index in [2.05, 4.69) is 22.3 Å². The Morgan fingerprint density at radius 1 is 1.03 bits per heavy atom. The third kappa shape index (κ3) is 4.90. The van der Waals surface area contributed by atoms with Crippen LogP contribution in [0.1, 0.15) is 67.1 Å². The number of amides is 1. The molecule has 0 unspecified atom stereocenters. The first-order valence-corrected chi connectivity index (χ1v) is 12.8. The van der Waals surface area contributed by atoms with E-state index < -0.39 is 11.7 Å². The maximum atomic E-state index is 13.5. The van der Waals surface area contributed by atoms with Gasteiger partial charge in [0.2, 0.25) is 0 Å². The minimum absolute atomic E-state index is 0.129. The summed E-state index contributed by atoms with van der Waals surface area (Å²) in [5.74, 6) is -0.129. The average Bonchev–Trinajstić information content (AvgIpc) is 3.39. The highest BCUT2D eigenvalue weighted by Gasteiger charge is 2.29. The second-order valence-electron chi connectivity index (χ2n) is 10.9. The molecule has 2 aliphatic heterocycles. The predicted molar refractivity (Wildman–Crippen MR) is 140 cm³/mol. The Morgan fingerprint density at radius 2 is 1.81 bits per heavy atom. The van der Waals surface area contributed by atoms with Crippen LogP contribution in [-0.4, -0.2) is 47.3 Å². The SMILES string of the molecule is COCc1cc2c(c(-c3cc4cc(CN5CCCCC5)ccc4n3C(=O)OC(C)(C)C)c1)C(=O)NC2. The van der Waals surface area contributed by atoms with Gasteiger partial charge in [-0.2, -0.15) is 0 Å². The Hall–Kier alpha value is -3.16. The Bertz CT molecular complexity index is 1310. The topological polar surface area (TPSA) is 72.8 Å². The number of ether oxygens (including phenoxy) is 2. The van der Waals surface area contributed by atoms with Gasteiger partial charge in [0.1, 0.15) is 5.60 Å². The Kier molecular flexibility index (Phi) is 6.62. The first-order valence-electron chi connectivity index (χ1n) is 12.8. The lowest BCUT2D eigenvalue weighted by Gasteiger charge is -2.26. The zero-order valence-electron chi connectivity index (χ0n) is 21.6. The number of rotatable bonds is 5. The molecule has 1 saturated heterocycles. The molecule has 36 heavy (non-hydrogen) atoms. The molecule has 1 N–H and O–H groups in total. The van der Waals surface area contributed by atoms with Gasteiger partial charge in [-0.05, 0) is 87.7 Å². The van der Waals surface area contributed by atoms with Crippen LogP contribution in [0.25, 0.3) is 22.2 Å². The number of methoxy groups -OCH3 is 1. The fourth-order valence-electron chi connectivity index (χ4n) is 5.33. The second-order valence-corrected chi connectivity index (χ2v) is 10.9. The molecule has 7 nitrogen and oxygen atoms in total. The Balaban J connectivity index is 1.66. The number of benzene rings is 2. The van der Waals surface area contributed by atoms with E-state index in [1.165, 1.54) is 24.8 Å². The molecule has 5 rings (SSSR count). The fraction of sp³-hybridized carbons (Fsp3) is 0.448. The molecule has 1 fully saturated rings. The van der Waals surface area contributed by atoms with Gasteiger partial charge >= 0.3 is 6.09 Å². The summed E-state index contributed by atoms with van der Waals surface area (Å²) in [6.45, 7) is 9.59. The van der Waals surface area contributed by atoms with Crippen LogP contribution >= 0.6 is 0 Å². The Labute approximate surface area is 212 Å². The van der Waals surface area contributed by atoms with Crippen LogP contribution in [-0.2, 0) is 29.2 Å². The average molecular weight is 490 g/mol. The van der Waals surface area contributed by atoms with E-state index in [1.807, 2.05) is 45.0 Å². The summed E-state index contributed by atoms with van der Waals surface area (Å²) in [5.41, 5.74) is 5.17. The lowest BCUT2D eigenvalue weighted by Crippen LogP contribution is -2.29. The summed E-state index contributed by atoms with van der Waals surface area (Å²) in [5, 5.41) is 3.88. The molecule has 1 aromatic heterocycles. The summed E-state index contributed by atoms with van der Waals surface area (Å²) < 4.78 is 12.8. The first kappa shape index (κ1) is 24.5. The largest absolute Gasteiger partial charge is 0.443 e. The molecule has 0 aliphatic carbocycles. The van der Waals surface area contributed by atoms with Crippen molar-refractivity contribution in [1.82, 2.24) is 14.8 Å². The molecular formula is C29H35N3O4. The fourth-order valence-corrected chi connectivity index (χ4v) is 5.33. The number of carbonyl (C=O) groups is 2. The smallest absolute Gasteiger partial charge is 0.419 e. The number of aromatic nitrogens is 1. The normalized spacial score (nSPS) is 16.3. The third-order valence-corrected chi connectivity index (χ3v) is 6.83. The van der Waals surface area contributed by atoms with Crippen molar-refractivity contribution in [2.24, 2.45) is 0 Å². The van der Waals surface area contributed by atoms with Gasteiger partial charge in [0.15, 0.2) is 0 Å². The van der Waals surface area contributed by atoms with Crippen LogP contribution in [0.4, 0.5) is 4.79 Å². The molecular weight excluding hydrogens is 454 g/mol. The second kappa shape index (κ2) is 9.71. The number of piperidine rings is 1. The van der Waals surface area contributed by atoms with E-state index in [-0.39, 0.29) is 5.91 Å². The summed E-state index contributed by atoms with van der Waals surface area (Å²) in [6.07, 6.45) is 3.33. The van der Waals surface area contributed by atoms with E-state index >= 15 is 0 Å². The zero-order valence-corrected chi connectivity index (χ0v) is 21.6. The highest BCUT2D eigenvalue weighted by Crippen LogP contribution is 2.36. The molecule has 0 atom stereocenters. The van der Waals surface area contributed by atoms with Crippen molar-refractivity contribution in [2.75, 3.05) is 20.2 Å². The number of hydrogen-bond acceptors (Lipinski definition) is 5. The molecule has 0 spiro atoms. The zero-order chi connectivity index (χ0) is 25.4. The molecule has 3 heterocycles. The lowest BCUT2D eigenvalue weighted by atomic mass is 9.97. The summed E-state index contributed by atoms with van der Waals surface area (Å²) in [7, 11) is 1.65. The molecule has 7 heteroatoms. The maximum absolute atomic E-state index is 13.5. The van der Waals surface area contributed by atoms with Gasteiger partial charge < -0.3 is 14.8 Å². The molecule has 190 valence electrons. The van der Waals surface area contributed by atoms with Crippen molar-refractivity contribution in [1.29, 1.82) is 0 Å². The number of nitrogens with one attached hydrogen (secondary N) is 1. The van der Waals surface area contributed by atoms with Gasteiger partial charge in [-0.1, -0.05) is 18.6 Å². The number of hydrogen-bond donors (Lipinski definition) is 1. The molecule has 1 amide bonds. The molecule has 2 aliphatic rings. The van der Waals surface area contributed by atoms with Gasteiger partial charge in [-0.3, -0.25) is 9.69 Å². The van der Waals surface area contributed by atoms with Crippen molar-refractivity contribution in [2.45, 2.75) is 65.3 Å². The van der Waals surface area contributed by atoms with Gasteiger partial charge in [0, 0.05) is 31.1 Å². The monoisotopic (exact) mass is 489 g/mol. The van der Waals surface area contributed by atoms with Crippen LogP contribution in [0.3, 0.4) is 0 Å². The van der Waals surface area contributed by atoms with Crippen LogP contribution in [0.15, 0.2) is 36.4 Å². The highest BCUT2D eigenvalue weighted by molar-refractivity contribution is 6.07. The van der Waals surface area contributed by atoms with Crippen molar-refractivity contribution in [3.05, 3.63) is 58.7 Å². The van der Waals surface area contributed by atoms with E-state index in [0.717, 1.165) is 41.7 Å². The minimum atomic E-state index is -0.656. The number of likely N-dealkylation sites (tertiary alicyclic amines) is 1. The standard InChI is InChI=1S/C29H35N3O4/c1-29(2,3)36-28(34)32-24-9-8-19(17-31-10-6-5-7-11-31)12-21(24)15-25(32)23-14-20(18-35-4)13-22-16-30-27(33)26(22)23/h8-9,12-15H,5-7,10-11,16-18H2,1-4H3,(H,30,33). The van der Waals surface area contributed by atoms with Crippen LogP contribution in [0.2, 0.25) is 0 Å². The summed E-state index contributed by atoms with van der Waals surface area (Å²) >= 11 is 0. The highest BCUT2D eigenvalue weighted by atomic mass is 16.6. The van der Waals surface area contributed by atoms with E-state index in [0.29, 0.717) is 30.0 Å². The Morgan fingerprint density at radius 3 is 2.53 bits per heavy atom. The van der Waals surface area contributed by atoms with Crippen LogP contribution in [0, 0.1) is 0 Å². The van der Waals surface area contributed by atoms with Gasteiger partial charge in [-0.15, -0.1) is 0 Å². The summed E-state index contributed by atoms with van der Waals surface area (Å²) in [4.78, 5) is 28.9. The van der Waals surface area contributed by atoms with Gasteiger partial charge in [-0.25, -0.2) is 9.36 Å². The van der Waals surface area contributed by atoms with Crippen LogP contribution in [0.5, 0.6) is 0 Å². The number of fused-ring (bicyclic) bond motifs is 2. The van der Waals surface area contributed by atoms with Crippen molar-refractivity contribution < 1.29 is 19.1 Å². The quantitative estimate of drug-likeness (QED) is 0.515. The molecule has 2 aromatic carbocycles. The first-order chi connectivity index (χ1) is 17.2. The molecule has 0 saturated carbocycles. The summed E-state index contributed by atoms with van der Waals surface area (Å²) in [6, 6.07) is 12.2. The molecule has 0 bridgehead atoms. The number of nitrogens with zero attached hydrogens (tertiary/aromatic N) is 2. The van der Waals surface area contributed by atoms with E-state index in [4.69, 9.17) is 9.47 Å². The van der Waals surface area contributed by atoms with Crippen molar-refractivity contribution in [3.8, 4) is 11.3 Å². The molecule has 3 aromatic rings. The predicted octanol–water partition coefficient (Wildman–Crippen LogP) is 5.47. The maximum Gasteiger partial charge on any atom is 0.419 e. The minimum Gasteiger partial charge on any atom is -0.443 e. The third-order valence-electron chi connectivity index (χ3n) is 6.83. The van der Waals surface area contributed by atoms with Crippen molar-refractivity contribution >= 4 is 22.9 Å². The molecule has 0 radical (unpaired) electrons.